The van der Waals surface area contributed by atoms with Gasteiger partial charge in [0.2, 0.25) is 15.9 Å². The minimum atomic E-state index is -3.65. The van der Waals surface area contributed by atoms with Crippen molar-refractivity contribution in [2.24, 2.45) is 0 Å². The van der Waals surface area contributed by atoms with Gasteiger partial charge in [0, 0.05) is 25.6 Å². The van der Waals surface area contributed by atoms with Crippen molar-refractivity contribution in [2.45, 2.75) is 43.5 Å². The number of amides is 1. The Balaban J connectivity index is 1.94. The van der Waals surface area contributed by atoms with Crippen molar-refractivity contribution in [1.29, 1.82) is 0 Å². The van der Waals surface area contributed by atoms with Crippen molar-refractivity contribution in [3.05, 3.63) is 30.3 Å². The predicted octanol–water partition coefficient (Wildman–Crippen LogP) is 1.17. The van der Waals surface area contributed by atoms with Crippen molar-refractivity contribution in [1.82, 2.24) is 9.62 Å². The van der Waals surface area contributed by atoms with E-state index < -0.39 is 19.9 Å². The van der Waals surface area contributed by atoms with E-state index in [1.807, 2.05) is 6.92 Å². The summed E-state index contributed by atoms with van der Waals surface area (Å²) in [6.45, 7) is 2.49. The summed E-state index contributed by atoms with van der Waals surface area (Å²) < 4.78 is 50.2. The normalized spacial score (nSPS) is 19.3. The average Bonchev–Trinajstić information content (AvgIpc) is 2.95. The zero-order valence-corrected chi connectivity index (χ0v) is 16.6. The second kappa shape index (κ2) is 8.96. The first-order valence-electron chi connectivity index (χ1n) is 8.80. The van der Waals surface area contributed by atoms with E-state index in [1.165, 1.54) is 12.1 Å². The molecule has 1 aliphatic heterocycles. The van der Waals surface area contributed by atoms with Crippen LogP contribution in [-0.2, 0) is 24.7 Å². The number of benzene rings is 1. The number of nitrogens with zero attached hydrogens (tertiary/aromatic N) is 1. The van der Waals surface area contributed by atoms with Crippen LogP contribution in [0, 0.1) is 0 Å². The van der Waals surface area contributed by atoms with Crippen LogP contribution in [0.5, 0.6) is 0 Å². The van der Waals surface area contributed by atoms with Crippen molar-refractivity contribution in [2.75, 3.05) is 24.6 Å². The highest BCUT2D eigenvalue weighted by Crippen LogP contribution is 2.19. The third-order valence-corrected chi connectivity index (χ3v) is 7.63. The number of rotatable bonds is 9. The van der Waals surface area contributed by atoms with Gasteiger partial charge in [-0.25, -0.2) is 21.6 Å². The maximum absolute atomic E-state index is 12.6. The summed E-state index contributed by atoms with van der Waals surface area (Å²) in [6.07, 6.45) is 2.14. The predicted molar refractivity (Wildman–Crippen MR) is 99.9 cm³/mol. The molecule has 1 aromatic rings. The molecule has 0 aromatic heterocycles. The quantitative estimate of drug-likeness (QED) is 0.668. The van der Waals surface area contributed by atoms with Gasteiger partial charge < -0.3 is 4.90 Å². The zero-order valence-electron chi connectivity index (χ0n) is 14.9. The van der Waals surface area contributed by atoms with E-state index in [4.69, 9.17) is 0 Å². The van der Waals surface area contributed by atoms with E-state index in [0.717, 1.165) is 12.8 Å². The summed E-state index contributed by atoms with van der Waals surface area (Å²) in [7, 11) is -6.74. The molecule has 1 unspecified atom stereocenters. The molecule has 9 heteroatoms. The van der Waals surface area contributed by atoms with Crippen LogP contribution < -0.4 is 4.72 Å². The fourth-order valence-electron chi connectivity index (χ4n) is 2.98. The average molecular weight is 403 g/mol. The van der Waals surface area contributed by atoms with E-state index in [9.17, 15) is 21.6 Å². The minimum Gasteiger partial charge on any atom is -0.339 e. The van der Waals surface area contributed by atoms with E-state index >= 15 is 0 Å². The largest absolute Gasteiger partial charge is 0.339 e. The second-order valence-electron chi connectivity index (χ2n) is 6.46. The Hall–Kier alpha value is -1.45. The van der Waals surface area contributed by atoms with Crippen LogP contribution in [0.25, 0.3) is 0 Å². The van der Waals surface area contributed by atoms with Gasteiger partial charge in [-0.05, 0) is 25.0 Å². The number of sulfonamides is 1. The van der Waals surface area contributed by atoms with Gasteiger partial charge in [-0.3, -0.25) is 4.79 Å². The Bertz CT molecular complexity index is 807. The van der Waals surface area contributed by atoms with Gasteiger partial charge in [0.15, 0.2) is 9.84 Å². The van der Waals surface area contributed by atoms with Gasteiger partial charge in [-0.15, -0.1) is 0 Å². The van der Waals surface area contributed by atoms with Gasteiger partial charge in [-0.1, -0.05) is 31.5 Å². The smallest absolute Gasteiger partial charge is 0.240 e. The molecule has 1 saturated heterocycles. The topological polar surface area (TPSA) is 101 Å². The van der Waals surface area contributed by atoms with Gasteiger partial charge in [0.25, 0.3) is 0 Å². The van der Waals surface area contributed by atoms with E-state index in [1.54, 1.807) is 23.1 Å². The first kappa shape index (κ1) is 20.9. The fourth-order valence-corrected chi connectivity index (χ4v) is 5.76. The molecule has 1 atom stereocenters. The van der Waals surface area contributed by atoms with E-state index in [-0.39, 0.29) is 41.3 Å². The summed E-state index contributed by atoms with van der Waals surface area (Å²) in [5.41, 5.74) is 0. The molecule has 1 N–H and O–H groups in total. The molecule has 0 radical (unpaired) electrons. The van der Waals surface area contributed by atoms with Crippen LogP contribution in [0.1, 0.15) is 32.6 Å². The van der Waals surface area contributed by atoms with Crippen LogP contribution in [0.3, 0.4) is 0 Å². The number of carbonyl (C=O) groups excluding carboxylic acids is 1. The number of unbranched alkanes of at least 4 members (excludes halogenated alkanes) is 1. The molecule has 7 nitrogen and oxygen atoms in total. The van der Waals surface area contributed by atoms with Crippen molar-refractivity contribution in [3.8, 4) is 0 Å². The summed E-state index contributed by atoms with van der Waals surface area (Å²) in [6, 6.07) is 7.66. The summed E-state index contributed by atoms with van der Waals surface area (Å²) >= 11 is 0. The Kier molecular flexibility index (Phi) is 7.19. The van der Waals surface area contributed by atoms with Gasteiger partial charge >= 0.3 is 0 Å². The van der Waals surface area contributed by atoms with Crippen LogP contribution in [0.4, 0.5) is 0 Å². The maximum Gasteiger partial charge on any atom is 0.240 e. The Morgan fingerprint density at radius 1 is 1.27 bits per heavy atom. The molecule has 1 amide bonds. The summed E-state index contributed by atoms with van der Waals surface area (Å²) in [5.74, 6) is -0.108. The molecule has 1 heterocycles. The van der Waals surface area contributed by atoms with E-state index in [0.29, 0.717) is 13.0 Å². The van der Waals surface area contributed by atoms with Crippen LogP contribution in [0.15, 0.2) is 35.2 Å². The maximum atomic E-state index is 12.6. The van der Waals surface area contributed by atoms with Crippen LogP contribution in [0.2, 0.25) is 0 Å². The van der Waals surface area contributed by atoms with Gasteiger partial charge in [0.1, 0.15) is 0 Å². The highest BCUT2D eigenvalue weighted by Gasteiger charge is 2.34. The highest BCUT2D eigenvalue weighted by molar-refractivity contribution is 7.91. The second-order valence-corrected chi connectivity index (χ2v) is 10.5. The molecule has 0 spiro atoms. The zero-order chi connectivity index (χ0) is 19.2. The summed E-state index contributed by atoms with van der Waals surface area (Å²) in [5, 5.41) is 0. The lowest BCUT2D eigenvalue weighted by molar-refractivity contribution is -0.133. The molecule has 146 valence electrons. The Morgan fingerprint density at radius 3 is 2.54 bits per heavy atom. The fraction of sp³-hybridized carbons (Fsp3) is 0.588. The lowest BCUT2D eigenvalue weighted by Crippen LogP contribution is -2.43. The molecular formula is C17H26N2O5S2. The molecule has 1 aliphatic rings. The van der Waals surface area contributed by atoms with E-state index in [2.05, 4.69) is 4.72 Å². The first-order valence-corrected chi connectivity index (χ1v) is 12.1. The molecule has 0 bridgehead atoms. The van der Waals surface area contributed by atoms with Crippen LogP contribution in [-0.4, -0.2) is 58.3 Å². The van der Waals surface area contributed by atoms with Crippen molar-refractivity contribution >= 4 is 25.8 Å². The molecule has 0 saturated carbocycles. The number of nitrogens with one attached hydrogen (secondary N) is 1. The van der Waals surface area contributed by atoms with Crippen molar-refractivity contribution < 1.29 is 21.6 Å². The number of sulfone groups is 1. The monoisotopic (exact) mass is 402 g/mol. The summed E-state index contributed by atoms with van der Waals surface area (Å²) in [4.78, 5) is 14.3. The molecule has 1 aromatic carbocycles. The first-order chi connectivity index (χ1) is 12.2. The standard InChI is InChI=1S/C17H26N2O5S2/c1-2-3-12-19(15-10-13-25(21,22)14-15)17(20)9-11-18-26(23,24)16-7-5-4-6-8-16/h4-8,15,18H,2-3,9-14H2,1H3. The Morgan fingerprint density at radius 2 is 1.96 bits per heavy atom. The SMILES string of the molecule is CCCCN(C(=O)CCNS(=O)(=O)c1ccccc1)C1CCS(=O)(=O)C1. The number of hydrogen-bond acceptors (Lipinski definition) is 5. The van der Waals surface area contributed by atoms with Gasteiger partial charge in [-0.2, -0.15) is 0 Å². The molecule has 26 heavy (non-hydrogen) atoms. The van der Waals surface area contributed by atoms with Gasteiger partial charge in [0.05, 0.1) is 16.4 Å². The highest BCUT2D eigenvalue weighted by atomic mass is 32.2. The Labute approximate surface area is 155 Å². The lowest BCUT2D eigenvalue weighted by atomic mass is 10.2. The number of carbonyl (C=O) groups is 1. The minimum absolute atomic E-state index is 0.00179. The van der Waals surface area contributed by atoms with Crippen LogP contribution >= 0.6 is 0 Å². The third kappa shape index (κ3) is 5.78. The third-order valence-electron chi connectivity index (χ3n) is 4.41. The molecular weight excluding hydrogens is 376 g/mol. The molecule has 0 aliphatic carbocycles. The molecule has 2 rings (SSSR count). The number of hydrogen-bond donors (Lipinski definition) is 1. The molecule has 1 fully saturated rings. The lowest BCUT2D eigenvalue weighted by Gasteiger charge is -2.28. The van der Waals surface area contributed by atoms with Crippen molar-refractivity contribution in [3.63, 3.8) is 0 Å².